The number of piperidine rings is 1. The maximum Gasteiger partial charge on any atom is 0.192 e. The maximum atomic E-state index is 11.9. The molecule has 96 valence electrons. The highest BCUT2D eigenvalue weighted by Crippen LogP contribution is 2.09. The number of hydrogen-bond donors (Lipinski definition) is 2. The number of likely N-dealkylation sites (N-methyl/N-ethyl adjacent to an activating group) is 1. The van der Waals surface area contributed by atoms with E-state index in [-0.39, 0.29) is 18.2 Å². The lowest BCUT2D eigenvalue weighted by Crippen LogP contribution is -2.45. The minimum atomic E-state index is 0. The Kier molecular flexibility index (Phi) is 5.68. The van der Waals surface area contributed by atoms with Crippen molar-refractivity contribution in [2.24, 2.45) is 0 Å². The first-order chi connectivity index (χ1) is 7.77. The quantitative estimate of drug-likeness (QED) is 0.800. The standard InChI is InChI=1S/C12H19N3O.ClH/c1-15(10-4-2-6-13-8-10)9-12(16)11-5-3-7-14-11;/h3,5,7,10,13-14H,2,4,6,8-9H2,1H3;1H/t10-;/m1./s1. The van der Waals surface area contributed by atoms with Gasteiger partial charge in [0.25, 0.3) is 0 Å². The van der Waals surface area contributed by atoms with Crippen LogP contribution in [0.1, 0.15) is 23.3 Å². The Bertz CT molecular complexity index is 334. The molecule has 2 N–H and O–H groups in total. The number of carbonyl (C=O) groups is 1. The molecule has 5 heteroatoms. The third-order valence-corrected chi connectivity index (χ3v) is 3.19. The molecule has 0 bridgehead atoms. The van der Waals surface area contributed by atoms with Gasteiger partial charge in [0.1, 0.15) is 0 Å². The lowest BCUT2D eigenvalue weighted by Gasteiger charge is -2.31. The molecular formula is C12H20ClN3O. The van der Waals surface area contributed by atoms with Crippen molar-refractivity contribution in [3.63, 3.8) is 0 Å². The molecule has 1 aromatic rings. The molecule has 1 aliphatic rings. The van der Waals surface area contributed by atoms with Gasteiger partial charge in [0.05, 0.1) is 12.2 Å². The van der Waals surface area contributed by atoms with E-state index in [1.165, 1.54) is 12.8 Å². The van der Waals surface area contributed by atoms with Gasteiger partial charge in [-0.3, -0.25) is 9.69 Å². The minimum absolute atomic E-state index is 0. The largest absolute Gasteiger partial charge is 0.359 e. The molecule has 0 aliphatic carbocycles. The van der Waals surface area contributed by atoms with Gasteiger partial charge in [-0.15, -0.1) is 12.4 Å². The summed E-state index contributed by atoms with van der Waals surface area (Å²) < 4.78 is 0. The molecule has 0 spiro atoms. The lowest BCUT2D eigenvalue weighted by atomic mass is 10.1. The van der Waals surface area contributed by atoms with Crippen molar-refractivity contribution in [1.82, 2.24) is 15.2 Å². The second-order valence-electron chi connectivity index (χ2n) is 4.42. The molecule has 0 aromatic carbocycles. The number of aromatic amines is 1. The summed E-state index contributed by atoms with van der Waals surface area (Å²) in [6, 6.07) is 4.18. The highest BCUT2D eigenvalue weighted by atomic mass is 35.5. The van der Waals surface area contributed by atoms with Crippen LogP contribution in [-0.2, 0) is 0 Å². The molecule has 1 fully saturated rings. The summed E-state index contributed by atoms with van der Waals surface area (Å²) in [4.78, 5) is 17.0. The Labute approximate surface area is 108 Å². The first-order valence-electron chi connectivity index (χ1n) is 5.85. The van der Waals surface area contributed by atoms with Crippen LogP contribution in [0, 0.1) is 0 Å². The van der Waals surface area contributed by atoms with E-state index in [0.29, 0.717) is 18.3 Å². The highest BCUT2D eigenvalue weighted by Gasteiger charge is 2.20. The van der Waals surface area contributed by atoms with E-state index in [0.717, 1.165) is 13.1 Å². The van der Waals surface area contributed by atoms with Crippen LogP contribution in [0.3, 0.4) is 0 Å². The first-order valence-corrected chi connectivity index (χ1v) is 5.85. The number of hydrogen-bond acceptors (Lipinski definition) is 3. The van der Waals surface area contributed by atoms with Crippen molar-refractivity contribution in [3.8, 4) is 0 Å². The van der Waals surface area contributed by atoms with Gasteiger partial charge in [-0.05, 0) is 38.6 Å². The van der Waals surface area contributed by atoms with E-state index >= 15 is 0 Å². The molecule has 1 atom stereocenters. The molecule has 1 aromatic heterocycles. The predicted molar refractivity (Wildman–Crippen MR) is 70.9 cm³/mol. The van der Waals surface area contributed by atoms with Gasteiger partial charge >= 0.3 is 0 Å². The number of aromatic nitrogens is 1. The van der Waals surface area contributed by atoms with E-state index in [4.69, 9.17) is 0 Å². The third-order valence-electron chi connectivity index (χ3n) is 3.19. The molecule has 2 rings (SSSR count). The van der Waals surface area contributed by atoms with Crippen molar-refractivity contribution in [1.29, 1.82) is 0 Å². The molecule has 0 amide bonds. The van der Waals surface area contributed by atoms with Crippen LogP contribution in [0.5, 0.6) is 0 Å². The van der Waals surface area contributed by atoms with Gasteiger partial charge in [0, 0.05) is 18.8 Å². The Morgan fingerprint density at radius 2 is 2.41 bits per heavy atom. The van der Waals surface area contributed by atoms with E-state index in [1.807, 2.05) is 19.2 Å². The number of nitrogens with one attached hydrogen (secondary N) is 2. The van der Waals surface area contributed by atoms with E-state index in [2.05, 4.69) is 15.2 Å². The molecule has 1 saturated heterocycles. The number of halogens is 1. The summed E-state index contributed by atoms with van der Waals surface area (Å²) in [7, 11) is 2.03. The number of ketones is 1. The summed E-state index contributed by atoms with van der Waals surface area (Å²) in [6.07, 6.45) is 4.17. The molecular weight excluding hydrogens is 238 g/mol. The first kappa shape index (κ1) is 14.2. The monoisotopic (exact) mass is 257 g/mol. The molecule has 2 heterocycles. The van der Waals surface area contributed by atoms with Crippen LogP contribution < -0.4 is 5.32 Å². The normalized spacial score (nSPS) is 20.0. The smallest absolute Gasteiger partial charge is 0.192 e. The van der Waals surface area contributed by atoms with Crippen LogP contribution in [-0.4, -0.2) is 48.4 Å². The zero-order valence-electron chi connectivity index (χ0n) is 10.1. The van der Waals surface area contributed by atoms with Crippen LogP contribution in [0.4, 0.5) is 0 Å². The number of H-pyrrole nitrogens is 1. The van der Waals surface area contributed by atoms with Gasteiger partial charge in [-0.2, -0.15) is 0 Å². The van der Waals surface area contributed by atoms with Crippen molar-refractivity contribution in [3.05, 3.63) is 24.0 Å². The predicted octanol–water partition coefficient (Wildman–Crippen LogP) is 1.30. The zero-order chi connectivity index (χ0) is 11.4. The Balaban J connectivity index is 0.00000144. The van der Waals surface area contributed by atoms with Gasteiger partial charge in [0.15, 0.2) is 5.78 Å². The van der Waals surface area contributed by atoms with Gasteiger partial charge in [0.2, 0.25) is 0 Å². The summed E-state index contributed by atoms with van der Waals surface area (Å²) in [5.74, 6) is 0.165. The van der Waals surface area contributed by atoms with E-state index in [9.17, 15) is 4.79 Å². The maximum absolute atomic E-state index is 11.9. The molecule has 4 nitrogen and oxygen atoms in total. The topological polar surface area (TPSA) is 48.1 Å². The lowest BCUT2D eigenvalue weighted by molar-refractivity contribution is 0.0902. The molecule has 1 aliphatic heterocycles. The fourth-order valence-corrected chi connectivity index (χ4v) is 2.15. The van der Waals surface area contributed by atoms with Crippen LogP contribution in [0.15, 0.2) is 18.3 Å². The van der Waals surface area contributed by atoms with E-state index < -0.39 is 0 Å². The zero-order valence-corrected chi connectivity index (χ0v) is 10.9. The summed E-state index contributed by atoms with van der Waals surface area (Å²) in [5, 5.41) is 3.36. The second-order valence-corrected chi connectivity index (χ2v) is 4.42. The number of Topliss-reactive ketones (excluding diaryl/α,β-unsaturated/α-hetero) is 1. The van der Waals surface area contributed by atoms with Crippen molar-refractivity contribution in [2.75, 3.05) is 26.7 Å². The van der Waals surface area contributed by atoms with Crippen LogP contribution in [0.2, 0.25) is 0 Å². The van der Waals surface area contributed by atoms with E-state index in [1.54, 1.807) is 6.20 Å². The summed E-state index contributed by atoms with van der Waals surface area (Å²) >= 11 is 0. The third kappa shape index (κ3) is 3.84. The van der Waals surface area contributed by atoms with Gasteiger partial charge < -0.3 is 10.3 Å². The highest BCUT2D eigenvalue weighted by molar-refractivity contribution is 5.95. The van der Waals surface area contributed by atoms with Crippen molar-refractivity contribution < 1.29 is 4.79 Å². The average Bonchev–Trinajstić information content (AvgIpc) is 2.83. The minimum Gasteiger partial charge on any atom is -0.359 e. The number of carbonyl (C=O) groups excluding carboxylic acids is 1. The molecule has 0 radical (unpaired) electrons. The van der Waals surface area contributed by atoms with Gasteiger partial charge in [-0.1, -0.05) is 0 Å². The van der Waals surface area contributed by atoms with Crippen molar-refractivity contribution in [2.45, 2.75) is 18.9 Å². The van der Waals surface area contributed by atoms with Crippen molar-refractivity contribution >= 4 is 18.2 Å². The number of nitrogens with zero attached hydrogens (tertiary/aromatic N) is 1. The molecule has 0 unspecified atom stereocenters. The molecule has 17 heavy (non-hydrogen) atoms. The number of rotatable bonds is 4. The van der Waals surface area contributed by atoms with Crippen LogP contribution in [0.25, 0.3) is 0 Å². The fraction of sp³-hybridized carbons (Fsp3) is 0.583. The summed E-state index contributed by atoms with van der Waals surface area (Å²) in [6.45, 7) is 2.59. The SMILES string of the molecule is CN(CC(=O)c1ccc[nH]1)[C@@H]1CCCNC1.Cl. The Hall–Kier alpha value is -0.840. The Morgan fingerprint density at radius 1 is 1.59 bits per heavy atom. The van der Waals surface area contributed by atoms with Crippen LogP contribution >= 0.6 is 12.4 Å². The fourth-order valence-electron chi connectivity index (χ4n) is 2.15. The second kappa shape index (κ2) is 6.79. The summed E-state index contributed by atoms with van der Waals surface area (Å²) in [5.41, 5.74) is 0.704. The average molecular weight is 258 g/mol. The van der Waals surface area contributed by atoms with Gasteiger partial charge in [-0.25, -0.2) is 0 Å². The Morgan fingerprint density at radius 3 is 3.00 bits per heavy atom. The molecule has 0 saturated carbocycles.